The first-order chi connectivity index (χ1) is 3.71. The maximum absolute atomic E-state index is 9.66. The molecule has 0 aliphatic rings. The van der Waals surface area contributed by atoms with Crippen LogP contribution in [0.2, 0.25) is 0 Å². The van der Waals surface area contributed by atoms with Crippen LogP contribution in [0.15, 0.2) is 0 Å². The molecule has 1 unspecified atom stereocenters. The molecule has 11 heteroatoms. The molecule has 2 radical (unpaired) electrons. The second-order valence-corrected chi connectivity index (χ2v) is 4.55. The largest absolute Gasteiger partial charge is 0.285 e. The molecule has 0 aromatic rings. The Balaban J connectivity index is -0.000000107. The summed E-state index contributed by atoms with van der Waals surface area (Å²) in [6.45, 7) is 0. The van der Waals surface area contributed by atoms with Gasteiger partial charge in [-0.1, -0.05) is 0 Å². The van der Waals surface area contributed by atoms with E-state index >= 15 is 0 Å². The molecule has 6 nitrogen and oxygen atoms in total. The summed E-state index contributed by atoms with van der Waals surface area (Å²) < 4.78 is 54.2. The second kappa shape index (κ2) is 8.07. The summed E-state index contributed by atoms with van der Waals surface area (Å²) in [6.07, 6.45) is 0. The third kappa shape index (κ3) is 22.6. The first-order valence-corrected chi connectivity index (χ1v) is 4.83. The van der Waals surface area contributed by atoms with Crippen LogP contribution in [0.25, 0.3) is 0 Å². The van der Waals surface area contributed by atoms with Crippen molar-refractivity contribution in [3.63, 3.8) is 0 Å². The molecule has 0 heterocycles. The predicted octanol–water partition coefficient (Wildman–Crippen LogP) is -1.23. The maximum Gasteiger partial charge on any atom is 0.281 e. The summed E-state index contributed by atoms with van der Waals surface area (Å²) in [5.41, 5.74) is 0. The molecule has 0 aliphatic carbocycles. The molecule has 2 N–H and O–H groups in total. The van der Waals surface area contributed by atoms with E-state index < -0.39 is 25.3 Å². The molecule has 1 atom stereocenters. The van der Waals surface area contributed by atoms with Crippen molar-refractivity contribution in [1.82, 2.24) is 0 Å². The van der Waals surface area contributed by atoms with Crippen molar-refractivity contribution in [2.24, 2.45) is 0 Å². The second-order valence-electron chi connectivity index (χ2n) is 1.28. The van der Waals surface area contributed by atoms with E-state index in [2.05, 4.69) is 0 Å². The Morgan fingerprint density at radius 1 is 0.833 bits per heavy atom. The van der Waals surface area contributed by atoms with Crippen LogP contribution in [0.4, 0.5) is 0 Å². The van der Waals surface area contributed by atoms with E-state index in [4.69, 9.17) is 9.11 Å². The zero-order chi connectivity index (χ0) is 7.71. The van der Waals surface area contributed by atoms with Crippen LogP contribution < -0.4 is 0 Å². The summed E-state index contributed by atoms with van der Waals surface area (Å²) in [6, 6.07) is 0. The van der Waals surface area contributed by atoms with Gasteiger partial charge in [0.2, 0.25) is 5.08 Å². The Kier molecular flexibility index (Phi) is 15.8. The standard InChI is InChI=1S/CH4O6S2.2Ag.H3P/c2-8(3,4)1-9(5,6)7;;;/h1H2,(H,2,3,4)(H,5,6,7);;;1H3. The van der Waals surface area contributed by atoms with Crippen LogP contribution in [-0.2, 0) is 65.0 Å². The Labute approximate surface area is 105 Å². The van der Waals surface area contributed by atoms with Gasteiger partial charge >= 0.3 is 0 Å². The van der Waals surface area contributed by atoms with Crippen molar-refractivity contribution in [2.75, 3.05) is 5.08 Å². The molecule has 0 aromatic heterocycles. The van der Waals surface area contributed by atoms with E-state index in [0.29, 0.717) is 0 Å². The molecule has 0 rings (SSSR count). The number of hydrogen-bond donors (Lipinski definition) is 2. The van der Waals surface area contributed by atoms with Crippen LogP contribution in [0.5, 0.6) is 0 Å². The van der Waals surface area contributed by atoms with Crippen LogP contribution in [-0.4, -0.2) is 31.0 Å². The van der Waals surface area contributed by atoms with E-state index in [1.807, 2.05) is 0 Å². The molecule has 0 fully saturated rings. The fraction of sp³-hybridized carbons (Fsp3) is 1.00. The van der Waals surface area contributed by atoms with Gasteiger partial charge in [0.05, 0.1) is 0 Å². The topological polar surface area (TPSA) is 109 Å². The normalized spacial score (nSPS) is 10.2. The molecule has 0 aliphatic heterocycles. The summed E-state index contributed by atoms with van der Waals surface area (Å²) in [4.78, 5) is 0. The molecule has 0 aromatic carbocycles. The Hall–Kier alpha value is 1.73. The van der Waals surface area contributed by atoms with E-state index in [1.54, 1.807) is 0 Å². The maximum atomic E-state index is 9.66. The minimum atomic E-state index is -4.62. The van der Waals surface area contributed by atoms with Gasteiger partial charge in [0.25, 0.3) is 20.2 Å². The minimum absolute atomic E-state index is 0. The average Bonchev–Trinajstić information content (AvgIpc) is 1.14. The zero-order valence-corrected chi connectivity index (χ0v) is 11.4. The molecule has 86 valence electrons. The Bertz CT molecular complexity index is 249. The fourth-order valence-electron chi connectivity index (χ4n) is 0.188. The predicted molar refractivity (Wildman–Crippen MR) is 39.1 cm³/mol. The SMILES string of the molecule is O=S(=O)(O)CS(=O)(=O)O.P.[Ag].[Ag]. The van der Waals surface area contributed by atoms with Crippen molar-refractivity contribution in [2.45, 2.75) is 0 Å². The van der Waals surface area contributed by atoms with Gasteiger partial charge in [-0.2, -0.15) is 26.7 Å². The minimum Gasteiger partial charge on any atom is -0.285 e. The van der Waals surface area contributed by atoms with Gasteiger partial charge in [-0.05, 0) is 0 Å². The van der Waals surface area contributed by atoms with Crippen molar-refractivity contribution in [3.8, 4) is 0 Å². The van der Waals surface area contributed by atoms with Gasteiger partial charge in [-0.15, -0.1) is 0 Å². The van der Waals surface area contributed by atoms with E-state index in [0.717, 1.165) is 0 Å². The molecular weight excluding hydrogens is 419 g/mol. The monoisotopic (exact) mass is 424 g/mol. The van der Waals surface area contributed by atoms with Crippen LogP contribution in [0.1, 0.15) is 0 Å². The molecule has 0 amide bonds. The molecule has 0 spiro atoms. The molecule has 0 saturated carbocycles. The summed E-state index contributed by atoms with van der Waals surface area (Å²) >= 11 is 0. The zero-order valence-electron chi connectivity index (χ0n) is 5.36. The summed E-state index contributed by atoms with van der Waals surface area (Å²) in [5, 5.41) is -1.65. The number of hydrogen-bond acceptors (Lipinski definition) is 4. The first-order valence-electron chi connectivity index (χ1n) is 1.61. The van der Waals surface area contributed by atoms with Crippen LogP contribution in [0, 0.1) is 0 Å². The smallest absolute Gasteiger partial charge is 0.281 e. The average molecular weight is 426 g/mol. The van der Waals surface area contributed by atoms with E-state index in [9.17, 15) is 16.8 Å². The third-order valence-electron chi connectivity index (χ3n) is 0.298. The summed E-state index contributed by atoms with van der Waals surface area (Å²) in [5.74, 6) is 0. The van der Waals surface area contributed by atoms with Crippen molar-refractivity contribution >= 4 is 30.1 Å². The van der Waals surface area contributed by atoms with Crippen LogP contribution >= 0.6 is 9.90 Å². The van der Waals surface area contributed by atoms with Gasteiger partial charge < -0.3 is 0 Å². The summed E-state index contributed by atoms with van der Waals surface area (Å²) in [7, 11) is -9.24. The van der Waals surface area contributed by atoms with Gasteiger partial charge in [0, 0.05) is 44.8 Å². The van der Waals surface area contributed by atoms with Gasteiger partial charge in [-0.3, -0.25) is 9.11 Å². The Morgan fingerprint density at radius 2 is 1.00 bits per heavy atom. The van der Waals surface area contributed by atoms with Crippen LogP contribution in [0.3, 0.4) is 0 Å². The van der Waals surface area contributed by atoms with E-state index in [-0.39, 0.29) is 54.7 Å². The van der Waals surface area contributed by atoms with Crippen molar-refractivity contribution < 1.29 is 70.7 Å². The fourth-order valence-corrected chi connectivity index (χ4v) is 1.69. The number of rotatable bonds is 2. The quantitative estimate of drug-likeness (QED) is 0.326. The van der Waals surface area contributed by atoms with E-state index in [1.165, 1.54) is 0 Å². The molecule has 0 bridgehead atoms. The third-order valence-corrected chi connectivity index (χ3v) is 2.68. The molecule has 0 saturated heterocycles. The van der Waals surface area contributed by atoms with Crippen molar-refractivity contribution in [3.05, 3.63) is 0 Å². The van der Waals surface area contributed by atoms with Gasteiger partial charge in [-0.25, -0.2) is 0 Å². The van der Waals surface area contributed by atoms with Crippen molar-refractivity contribution in [1.29, 1.82) is 0 Å². The molecular formula is CH7Ag2O6PS2. The Morgan fingerprint density at radius 3 is 1.00 bits per heavy atom. The first kappa shape index (κ1) is 23.5. The molecule has 12 heavy (non-hydrogen) atoms. The van der Waals surface area contributed by atoms with Gasteiger partial charge in [0.15, 0.2) is 0 Å². The van der Waals surface area contributed by atoms with Gasteiger partial charge in [0.1, 0.15) is 0 Å².